The molecule has 0 bridgehead atoms. The SMILES string of the molecule is CC(C)(C)C1(C)c2cc(-c3cccc(-c4nc(-c5ccccc5)nc(-c5ccccc5)n4)c3)ccc2-c2cc3oc4ccccc4c3cc21.CC(C)C1(C)c2ccccc2-c2cc3oc4cccc(-c5nc(-c6ccccc6)nc(-c6ccccc6)n5)c4c3cc21.CCC1(CC)c2cc(-c3nc(-c4ccccc4)nc(-c4ccc5oc6ccccc6c5c4)n3)ccc2-c2cc3oc4ccccc4c3cc21. The summed E-state index contributed by atoms with van der Waals surface area (Å²) in [6, 6.07) is 133. The van der Waals surface area contributed by atoms with E-state index in [0.717, 1.165) is 145 Å². The monoisotopic (exact) mass is 1810 g/mol. The lowest BCUT2D eigenvalue weighted by Crippen LogP contribution is -2.36. The Balaban J connectivity index is 0.000000111. The highest BCUT2D eigenvalue weighted by molar-refractivity contribution is 6.15. The van der Waals surface area contributed by atoms with Gasteiger partial charge in [0.25, 0.3) is 0 Å². The van der Waals surface area contributed by atoms with E-state index in [1.54, 1.807) is 0 Å². The Hall–Kier alpha value is -17.0. The minimum Gasteiger partial charge on any atom is -0.456 e. The molecule has 672 valence electrons. The van der Waals surface area contributed by atoms with Crippen LogP contribution in [-0.2, 0) is 16.2 Å². The average molecular weight is 1810 g/mol. The first kappa shape index (κ1) is 84.7. The minimum absolute atomic E-state index is 0.0484. The molecule has 0 radical (unpaired) electrons. The van der Waals surface area contributed by atoms with Crippen LogP contribution in [0.1, 0.15) is 109 Å². The predicted octanol–water partition coefficient (Wildman–Crippen LogP) is 33.2. The van der Waals surface area contributed by atoms with Gasteiger partial charge in [-0.1, -0.05) is 347 Å². The maximum Gasteiger partial charge on any atom is 0.164 e. The Morgan fingerprint density at radius 3 is 1.03 bits per heavy atom. The van der Waals surface area contributed by atoms with Crippen molar-refractivity contribution < 1.29 is 17.7 Å². The molecule has 3 aliphatic carbocycles. The normalized spacial score (nSPS) is 14.8. The third-order valence-corrected chi connectivity index (χ3v) is 30.2. The van der Waals surface area contributed by atoms with E-state index in [1.165, 1.54) is 83.1 Å². The Morgan fingerprint density at radius 2 is 0.529 bits per heavy atom. The predicted molar refractivity (Wildman–Crippen MR) is 568 cm³/mol. The molecule has 0 amide bonds. The van der Waals surface area contributed by atoms with E-state index in [1.807, 2.05) is 206 Å². The molecule has 0 fully saturated rings. The molecule has 0 saturated heterocycles. The van der Waals surface area contributed by atoms with Gasteiger partial charge in [0.1, 0.15) is 44.7 Å². The fourth-order valence-corrected chi connectivity index (χ4v) is 22.2. The van der Waals surface area contributed by atoms with E-state index in [4.69, 9.17) is 62.5 Å². The lowest BCUT2D eigenvalue weighted by Gasteiger charge is -2.41. The van der Waals surface area contributed by atoms with Crippen molar-refractivity contribution in [1.29, 1.82) is 0 Å². The molecule has 140 heavy (non-hydrogen) atoms. The second-order valence-corrected chi connectivity index (χ2v) is 38.9. The van der Waals surface area contributed by atoms with Crippen LogP contribution >= 0.6 is 0 Å². The number of nitrogens with zero attached hydrogens (tertiary/aromatic N) is 9. The van der Waals surface area contributed by atoms with Crippen molar-refractivity contribution in [3.8, 4) is 147 Å². The summed E-state index contributed by atoms with van der Waals surface area (Å²) in [5.41, 5.74) is 33.1. The molecule has 2 unspecified atom stereocenters. The van der Waals surface area contributed by atoms with E-state index in [2.05, 4.69) is 238 Å². The largest absolute Gasteiger partial charge is 0.456 e. The second-order valence-electron chi connectivity index (χ2n) is 38.9. The molecule has 7 heterocycles. The summed E-state index contributed by atoms with van der Waals surface area (Å²) in [6.07, 6.45) is 1.95. The fraction of sp³-hybridized carbons (Fsp3) is 0.126. The van der Waals surface area contributed by atoms with Crippen molar-refractivity contribution in [2.24, 2.45) is 11.3 Å². The smallest absolute Gasteiger partial charge is 0.164 e. The summed E-state index contributed by atoms with van der Waals surface area (Å²) in [5.74, 6) is 6.23. The quantitative estimate of drug-likeness (QED) is 0.107. The van der Waals surface area contributed by atoms with Gasteiger partial charge >= 0.3 is 0 Å². The van der Waals surface area contributed by atoms with Crippen LogP contribution in [0.25, 0.3) is 235 Å². The van der Waals surface area contributed by atoms with Gasteiger partial charge in [-0.15, -0.1) is 0 Å². The number of hydrogen-bond acceptors (Lipinski definition) is 13. The van der Waals surface area contributed by atoms with Crippen LogP contribution in [0.3, 0.4) is 0 Å². The summed E-state index contributed by atoms with van der Waals surface area (Å²) in [5, 5.41) is 8.90. The Labute approximate surface area is 810 Å². The summed E-state index contributed by atoms with van der Waals surface area (Å²) in [4.78, 5) is 45.1. The van der Waals surface area contributed by atoms with Gasteiger partial charge in [0, 0.05) is 109 Å². The van der Waals surface area contributed by atoms with Gasteiger partial charge < -0.3 is 17.7 Å². The van der Waals surface area contributed by atoms with Crippen LogP contribution in [-0.4, -0.2) is 44.9 Å². The standard InChI is InChI=1S/C45H35N3O.C44H31N3O2.C38H29N3O/c1-44(2,3)45(4)37-25-31(22-23-33(37)35-27-40-36(26-38(35)45)34-20-11-12-21-39(34)49-40)30-18-13-19-32(24-30)43-47-41(28-14-7-5-8-15-28)46-42(48-43)29-16-9-6-10-17-29;1-3-44(4-2)35-23-28(18-20-29(35)32-25-40-34(24-36(32)44)31-15-9-11-17-38(31)49-40)43-46-41(26-12-6-5-7-13-26)45-42(47-43)27-19-21-39-33(22-27)30-14-8-10-16-37(30)48-39;1-23(2)38(3)30-19-11-10-17-26(30)28-22-33-29(21-31(28)38)34-27(18-12-20-32(34)42-33)37-40-35(24-13-6-4-7-14-24)39-36(41-37)25-15-8-5-9-16-25/h5-27H,1-4H3;5-25H,3-4H2,1-2H3;4-23H,1-3H3. The molecule has 13 heteroatoms. The zero-order valence-electron chi connectivity index (χ0n) is 79.0. The number of fused-ring (bicyclic) bond motifs is 21. The maximum absolute atomic E-state index is 6.54. The van der Waals surface area contributed by atoms with Crippen molar-refractivity contribution in [2.75, 3.05) is 0 Å². The highest BCUT2D eigenvalue weighted by atomic mass is 16.3. The molecule has 0 saturated carbocycles. The number of aromatic nitrogens is 9. The van der Waals surface area contributed by atoms with E-state index in [9.17, 15) is 0 Å². The van der Waals surface area contributed by atoms with Gasteiger partial charge in [0.15, 0.2) is 52.4 Å². The summed E-state index contributed by atoms with van der Waals surface area (Å²) in [7, 11) is 0. The van der Waals surface area contributed by atoms with Crippen LogP contribution in [0.15, 0.2) is 400 Å². The van der Waals surface area contributed by atoms with Crippen molar-refractivity contribution in [1.82, 2.24) is 44.9 Å². The Kier molecular flexibility index (Phi) is 20.1. The van der Waals surface area contributed by atoms with Gasteiger partial charge in [0.2, 0.25) is 0 Å². The number of rotatable bonds is 13. The van der Waals surface area contributed by atoms with Crippen molar-refractivity contribution in [3.63, 3.8) is 0 Å². The third kappa shape index (κ3) is 13.8. The van der Waals surface area contributed by atoms with E-state index in [-0.39, 0.29) is 21.7 Å². The van der Waals surface area contributed by atoms with Crippen LogP contribution in [0.5, 0.6) is 0 Å². The lowest BCUT2D eigenvalue weighted by atomic mass is 9.62. The van der Waals surface area contributed by atoms with Crippen LogP contribution in [0.2, 0.25) is 0 Å². The van der Waals surface area contributed by atoms with Crippen molar-refractivity contribution >= 4 is 87.8 Å². The van der Waals surface area contributed by atoms with Gasteiger partial charge in [0.05, 0.1) is 0 Å². The molecule has 7 aromatic heterocycles. The highest BCUT2D eigenvalue weighted by Gasteiger charge is 2.49. The fourth-order valence-electron chi connectivity index (χ4n) is 22.2. The molecule has 24 aromatic rings. The zero-order valence-corrected chi connectivity index (χ0v) is 79.0. The number of furan rings is 4. The van der Waals surface area contributed by atoms with Crippen molar-refractivity contribution in [3.05, 3.63) is 416 Å². The van der Waals surface area contributed by atoms with Gasteiger partial charge in [-0.05, 0) is 199 Å². The average Bonchev–Trinajstić information content (AvgIpc) is 1.78. The van der Waals surface area contributed by atoms with Crippen LogP contribution in [0.4, 0.5) is 0 Å². The molecule has 13 nitrogen and oxygen atoms in total. The number of para-hydroxylation sites is 3. The molecular formula is C127H95N9O4. The van der Waals surface area contributed by atoms with Gasteiger partial charge in [-0.25, -0.2) is 44.9 Å². The Bertz CT molecular complexity index is 8970. The topological polar surface area (TPSA) is 169 Å². The summed E-state index contributed by atoms with van der Waals surface area (Å²) < 4.78 is 25.4. The second kappa shape index (κ2) is 33.2. The molecule has 0 aliphatic heterocycles. The summed E-state index contributed by atoms with van der Waals surface area (Å²) >= 11 is 0. The number of benzene rings is 17. The first-order valence-electron chi connectivity index (χ1n) is 48.3. The number of hydrogen-bond donors (Lipinski definition) is 0. The molecular weight excluding hydrogens is 1720 g/mol. The van der Waals surface area contributed by atoms with E-state index in [0.29, 0.717) is 58.3 Å². The maximum atomic E-state index is 6.54. The minimum atomic E-state index is -0.221. The molecule has 27 rings (SSSR count). The first-order chi connectivity index (χ1) is 68.4. The molecule has 0 spiro atoms. The molecule has 0 N–H and O–H groups in total. The first-order valence-corrected chi connectivity index (χ1v) is 48.3. The van der Waals surface area contributed by atoms with E-state index >= 15 is 0 Å². The third-order valence-electron chi connectivity index (χ3n) is 30.2. The molecule has 2 atom stereocenters. The van der Waals surface area contributed by atoms with E-state index < -0.39 is 0 Å². The zero-order chi connectivity index (χ0) is 94.4. The molecule has 3 aliphatic rings. The Morgan fingerprint density at radius 1 is 0.221 bits per heavy atom. The van der Waals surface area contributed by atoms with Gasteiger partial charge in [-0.3, -0.25) is 0 Å². The van der Waals surface area contributed by atoms with Crippen LogP contribution < -0.4 is 0 Å². The highest BCUT2D eigenvalue weighted by Crippen LogP contribution is 2.61. The van der Waals surface area contributed by atoms with Crippen LogP contribution in [0, 0.1) is 11.3 Å². The van der Waals surface area contributed by atoms with Gasteiger partial charge in [-0.2, -0.15) is 0 Å². The van der Waals surface area contributed by atoms with Crippen molar-refractivity contribution in [2.45, 2.75) is 91.4 Å². The summed E-state index contributed by atoms with van der Waals surface area (Å²) in [6.45, 7) is 21.1. The lowest BCUT2D eigenvalue weighted by molar-refractivity contribution is 0.255. The molecule has 17 aromatic carbocycles.